The Morgan fingerprint density at radius 1 is 0.636 bits per heavy atom. The van der Waals surface area contributed by atoms with E-state index >= 15 is 0 Å². The lowest BCUT2D eigenvalue weighted by molar-refractivity contribution is 0.0945. The van der Waals surface area contributed by atoms with Gasteiger partial charge in [0.2, 0.25) is 5.95 Å². The van der Waals surface area contributed by atoms with Crippen LogP contribution in [0, 0.1) is 5.41 Å². The molecule has 0 radical (unpaired) electrons. The van der Waals surface area contributed by atoms with Gasteiger partial charge in [-0.25, -0.2) is 58.3 Å². The normalized spacial score (nSPS) is 14.1. The number of allylic oxidation sites excluding steroid dienone is 3. The third kappa shape index (κ3) is 12.4. The summed E-state index contributed by atoms with van der Waals surface area (Å²) in [5.41, 5.74) is 3.65. The number of thioether (sulfide) groups is 2. The predicted octanol–water partition coefficient (Wildman–Crippen LogP) is 9.06. The molecule has 8 aromatic heterocycles. The standard InChI is InChI=1S/C29H33ClN8O.C14H12ClN5OS.C9H10N4OS.HI/c1-3-15-37-27(39)23-20-31-28(34-26(23)38(37)25-6-4-5-24(30)33-25)32-21-7-9-22(10-8-21)36-18-13-29(14-19-36)11-16-35(2)17-12-29;1-3-7-19-13(21)9-8-16-14(22-2)18-12(9)20(19)11-6-4-5-10(15)17-11;1-3-4-13-8(14)6-5-10-9(15-2)11-7(6)12-13;/h3-10,20H,1,11-19H2,2H3,(H,31,32,34);3-6,8H,1,7H2,2H3;3,5H,1,4H2,2H3,(H,10,11,12);1H. The van der Waals surface area contributed by atoms with Crippen LogP contribution in [-0.2, 0) is 19.6 Å². The van der Waals surface area contributed by atoms with Gasteiger partial charge in [0.25, 0.3) is 16.7 Å². The Kier molecular flexibility index (Phi) is 18.5. The van der Waals surface area contributed by atoms with Crippen LogP contribution < -0.4 is 26.9 Å². The molecule has 2 saturated heterocycles. The van der Waals surface area contributed by atoms with E-state index in [0.717, 1.165) is 18.8 Å². The zero-order chi connectivity index (χ0) is 53.5. The minimum Gasteiger partial charge on any atom is -0.371 e. The number of H-pyrrole nitrogens is 1. The number of anilines is 3. The molecular formula is C52H56Cl2IN17O3S2. The lowest BCUT2D eigenvalue weighted by Crippen LogP contribution is -2.46. The maximum absolute atomic E-state index is 13.1. The molecule has 20 nitrogen and oxygen atoms in total. The molecule has 400 valence electrons. The molecule has 2 aliphatic heterocycles. The van der Waals surface area contributed by atoms with Crippen LogP contribution in [0.15, 0.2) is 142 Å². The zero-order valence-corrected chi connectivity index (χ0v) is 48.0. The average molecular weight is 1230 g/mol. The number of nitrogens with one attached hydrogen (secondary N) is 2. The summed E-state index contributed by atoms with van der Waals surface area (Å²) in [6, 6.07) is 18.9. The number of fused-ring (bicyclic) bond motifs is 3. The van der Waals surface area contributed by atoms with E-state index in [0.29, 0.717) is 96.4 Å². The highest BCUT2D eigenvalue weighted by atomic mass is 127. The van der Waals surface area contributed by atoms with Gasteiger partial charge in [-0.2, -0.15) is 4.98 Å². The number of nitrogens with zero attached hydrogens (tertiary/aromatic N) is 15. The van der Waals surface area contributed by atoms with Gasteiger partial charge in [-0.1, -0.05) is 77.1 Å². The average Bonchev–Trinajstić information content (AvgIpc) is 4.12. The Morgan fingerprint density at radius 3 is 1.68 bits per heavy atom. The number of pyridine rings is 2. The largest absolute Gasteiger partial charge is 0.371 e. The van der Waals surface area contributed by atoms with E-state index in [1.165, 1.54) is 88.2 Å². The second kappa shape index (κ2) is 25.2. The molecule has 11 rings (SSSR count). The maximum atomic E-state index is 13.1. The van der Waals surface area contributed by atoms with Crippen LogP contribution in [0.3, 0.4) is 0 Å². The Labute approximate surface area is 478 Å². The number of halogens is 3. The number of aromatic amines is 1. The molecule has 0 amide bonds. The highest BCUT2D eigenvalue weighted by Gasteiger charge is 2.37. The summed E-state index contributed by atoms with van der Waals surface area (Å²) in [7, 11) is 2.23. The van der Waals surface area contributed by atoms with Crippen molar-refractivity contribution < 1.29 is 0 Å². The van der Waals surface area contributed by atoms with E-state index in [1.807, 2.05) is 12.5 Å². The van der Waals surface area contributed by atoms with Crippen molar-refractivity contribution in [3.8, 4) is 11.6 Å². The highest BCUT2D eigenvalue weighted by molar-refractivity contribution is 14.0. The quantitative estimate of drug-likeness (QED) is 0.0362. The van der Waals surface area contributed by atoms with Gasteiger partial charge in [0.1, 0.15) is 26.5 Å². The fourth-order valence-electron chi connectivity index (χ4n) is 9.27. The van der Waals surface area contributed by atoms with Gasteiger partial charge in [0.15, 0.2) is 38.9 Å². The molecule has 10 heterocycles. The first-order valence-corrected chi connectivity index (χ1v) is 27.5. The summed E-state index contributed by atoms with van der Waals surface area (Å²) in [5, 5.41) is 9.44. The first kappa shape index (κ1) is 56.6. The van der Waals surface area contributed by atoms with Gasteiger partial charge >= 0.3 is 0 Å². The molecule has 1 spiro atoms. The van der Waals surface area contributed by atoms with Gasteiger partial charge in [0, 0.05) is 43.1 Å². The molecule has 1 aromatic carbocycles. The lowest BCUT2D eigenvalue weighted by atomic mass is 9.71. The Morgan fingerprint density at radius 2 is 1.14 bits per heavy atom. The van der Waals surface area contributed by atoms with Gasteiger partial charge in [0.05, 0.1) is 19.6 Å². The fourth-order valence-corrected chi connectivity index (χ4v) is 10.3. The lowest BCUT2D eigenvalue weighted by Gasteiger charge is -2.46. The first-order valence-electron chi connectivity index (χ1n) is 24.3. The van der Waals surface area contributed by atoms with Gasteiger partial charge in [-0.05, 0) is 112 Å². The topological polar surface area (TPSA) is 213 Å². The highest BCUT2D eigenvalue weighted by Crippen LogP contribution is 2.42. The molecule has 0 atom stereocenters. The Hall–Kier alpha value is -6.64. The third-order valence-corrected chi connectivity index (χ3v) is 14.8. The van der Waals surface area contributed by atoms with Crippen molar-refractivity contribution in [1.29, 1.82) is 0 Å². The molecule has 0 bridgehead atoms. The van der Waals surface area contributed by atoms with Crippen molar-refractivity contribution >= 4 is 121 Å². The van der Waals surface area contributed by atoms with Gasteiger partial charge in [-0.15, -0.1) is 43.7 Å². The fraction of sp³-hybridized carbons (Fsp3) is 0.288. The van der Waals surface area contributed by atoms with Crippen molar-refractivity contribution in [1.82, 2.24) is 73.3 Å². The summed E-state index contributed by atoms with van der Waals surface area (Å²) < 4.78 is 7.80. The number of aromatic nitrogens is 14. The van der Waals surface area contributed by atoms with Crippen molar-refractivity contribution in [2.24, 2.45) is 5.41 Å². The Bertz CT molecular complexity index is 3760. The minimum atomic E-state index is -0.217. The number of rotatable bonds is 13. The summed E-state index contributed by atoms with van der Waals surface area (Å²) >= 11 is 15.0. The maximum Gasteiger partial charge on any atom is 0.278 e. The van der Waals surface area contributed by atoms with Crippen LogP contribution in [0.4, 0.5) is 17.3 Å². The molecule has 0 unspecified atom stereocenters. The second-order valence-electron chi connectivity index (χ2n) is 18.0. The van der Waals surface area contributed by atoms with E-state index in [2.05, 4.69) is 106 Å². The molecule has 9 aromatic rings. The van der Waals surface area contributed by atoms with Crippen molar-refractivity contribution in [3.05, 3.63) is 159 Å². The van der Waals surface area contributed by atoms with E-state index in [9.17, 15) is 14.4 Å². The SMILES string of the molecule is C=CCn1[nH]c2nc(SC)ncc2c1=O.C=CCn1c(=O)c2cnc(Nc3ccc(N4CCC5(CCN(C)CC5)CC4)cc3)nc2n1-c1cccc(Cl)n1.C=CCn1c(=O)c2cnc(SC)nc2n1-c1cccc(Cl)n1.I. The van der Waals surface area contributed by atoms with Crippen LogP contribution in [0.1, 0.15) is 25.7 Å². The van der Waals surface area contributed by atoms with Crippen molar-refractivity contribution in [2.75, 3.05) is 56.0 Å². The summed E-state index contributed by atoms with van der Waals surface area (Å²) in [5.74, 6) is 1.41. The molecule has 2 N–H and O–H groups in total. The predicted molar refractivity (Wildman–Crippen MR) is 320 cm³/mol. The van der Waals surface area contributed by atoms with Crippen LogP contribution in [0.2, 0.25) is 10.3 Å². The number of benzene rings is 1. The number of piperidine rings is 2. The van der Waals surface area contributed by atoms with Gasteiger partial charge in [-0.3, -0.25) is 19.5 Å². The molecule has 25 heteroatoms. The van der Waals surface area contributed by atoms with E-state index in [-0.39, 0.29) is 40.7 Å². The molecule has 2 fully saturated rings. The molecule has 0 aliphatic carbocycles. The summed E-state index contributed by atoms with van der Waals surface area (Å²) in [6.07, 6.45) is 18.5. The van der Waals surface area contributed by atoms with Crippen LogP contribution >= 0.6 is 70.7 Å². The number of hydrogen-bond acceptors (Lipinski definition) is 16. The third-order valence-electron chi connectivity index (χ3n) is 13.3. The summed E-state index contributed by atoms with van der Waals surface area (Å²) in [4.78, 5) is 76.9. The Balaban J connectivity index is 0.000000173. The molecule has 0 saturated carbocycles. The van der Waals surface area contributed by atoms with Gasteiger partial charge < -0.3 is 15.1 Å². The van der Waals surface area contributed by atoms with E-state index < -0.39 is 0 Å². The van der Waals surface area contributed by atoms with Crippen molar-refractivity contribution in [3.63, 3.8) is 0 Å². The van der Waals surface area contributed by atoms with E-state index in [1.54, 1.807) is 76.4 Å². The monoisotopic (exact) mass is 1230 g/mol. The molecule has 2 aliphatic rings. The molecular weight excluding hydrogens is 1170 g/mol. The van der Waals surface area contributed by atoms with E-state index in [4.69, 9.17) is 28.2 Å². The van der Waals surface area contributed by atoms with Crippen LogP contribution in [-0.4, -0.2) is 119 Å². The summed E-state index contributed by atoms with van der Waals surface area (Å²) in [6.45, 7) is 16.8. The smallest absolute Gasteiger partial charge is 0.278 e. The first-order chi connectivity index (χ1) is 36.9. The van der Waals surface area contributed by atoms with Crippen LogP contribution in [0.5, 0.6) is 0 Å². The number of hydrogen-bond donors (Lipinski definition) is 2. The van der Waals surface area contributed by atoms with Crippen LogP contribution in [0.25, 0.3) is 44.7 Å². The second-order valence-corrected chi connectivity index (χ2v) is 20.4. The molecule has 77 heavy (non-hydrogen) atoms. The van der Waals surface area contributed by atoms with Crippen molar-refractivity contribution in [2.45, 2.75) is 55.6 Å². The minimum absolute atomic E-state index is 0. The zero-order valence-electron chi connectivity index (χ0n) is 42.6. The number of likely N-dealkylation sites (tertiary alicyclic amines) is 1.